The van der Waals surface area contributed by atoms with Gasteiger partial charge in [-0.15, -0.1) is 11.3 Å². The van der Waals surface area contributed by atoms with Crippen LogP contribution in [0.15, 0.2) is 11.4 Å². The largest absolute Gasteiger partial charge is 0.309 e. The molecule has 1 aromatic heterocycles. The van der Waals surface area contributed by atoms with E-state index in [1.807, 2.05) is 11.3 Å². The van der Waals surface area contributed by atoms with Gasteiger partial charge in [0.1, 0.15) is 0 Å². The molecule has 1 aliphatic rings. The molecule has 1 saturated carbocycles. The Bertz CT molecular complexity index is 350. The molecule has 1 aromatic rings. The topological polar surface area (TPSA) is 12.0 Å². The maximum absolute atomic E-state index is 3.74. The minimum atomic E-state index is 0.522. The van der Waals surface area contributed by atoms with E-state index in [4.69, 9.17) is 0 Å². The van der Waals surface area contributed by atoms with Crippen LogP contribution >= 0.6 is 11.3 Å². The predicted molar refractivity (Wildman–Crippen MR) is 81.2 cm³/mol. The Morgan fingerprint density at radius 3 is 2.50 bits per heavy atom. The number of nitrogens with one attached hydrogen (secondary N) is 1. The molecule has 0 saturated heterocycles. The molecule has 102 valence electrons. The van der Waals surface area contributed by atoms with Crippen molar-refractivity contribution in [2.45, 2.75) is 58.9 Å². The number of aryl methyl sites for hydroxylation is 1. The van der Waals surface area contributed by atoms with E-state index in [0.717, 1.165) is 11.8 Å². The van der Waals surface area contributed by atoms with E-state index >= 15 is 0 Å². The molecular formula is C16H27NS. The zero-order valence-corrected chi connectivity index (χ0v) is 12.9. The third-order valence-corrected chi connectivity index (χ3v) is 5.75. The van der Waals surface area contributed by atoms with E-state index in [1.54, 1.807) is 0 Å². The van der Waals surface area contributed by atoms with Crippen molar-refractivity contribution >= 4 is 11.3 Å². The molecule has 0 spiro atoms. The highest BCUT2D eigenvalue weighted by Crippen LogP contribution is 2.31. The van der Waals surface area contributed by atoms with Crippen molar-refractivity contribution in [2.75, 3.05) is 6.54 Å². The van der Waals surface area contributed by atoms with Crippen LogP contribution in [0.4, 0.5) is 0 Å². The van der Waals surface area contributed by atoms with E-state index in [-0.39, 0.29) is 0 Å². The van der Waals surface area contributed by atoms with E-state index in [2.05, 4.69) is 37.5 Å². The molecule has 18 heavy (non-hydrogen) atoms. The molecule has 0 bridgehead atoms. The second kappa shape index (κ2) is 6.72. The Kier molecular flexibility index (Phi) is 5.25. The zero-order chi connectivity index (χ0) is 13.0. The highest BCUT2D eigenvalue weighted by molar-refractivity contribution is 7.10. The Balaban J connectivity index is 1.74. The fourth-order valence-corrected chi connectivity index (χ4v) is 4.07. The number of thiophene rings is 1. The second-order valence-electron chi connectivity index (χ2n) is 5.89. The first-order chi connectivity index (χ1) is 8.70. The van der Waals surface area contributed by atoms with Crippen LogP contribution in [0, 0.1) is 18.8 Å². The Labute approximate surface area is 116 Å². The molecule has 0 amide bonds. The molecule has 1 fully saturated rings. The Morgan fingerprint density at radius 2 is 1.94 bits per heavy atom. The molecule has 1 aliphatic carbocycles. The molecule has 1 heterocycles. The SMILES string of the molecule is CCC1CCC(CNC(C)c2sccc2C)CC1. The number of hydrogen-bond acceptors (Lipinski definition) is 2. The first-order valence-corrected chi connectivity index (χ1v) is 8.36. The summed E-state index contributed by atoms with van der Waals surface area (Å²) in [5.74, 6) is 1.92. The number of rotatable bonds is 5. The van der Waals surface area contributed by atoms with Crippen molar-refractivity contribution < 1.29 is 0 Å². The Hall–Kier alpha value is -0.340. The molecule has 0 radical (unpaired) electrons. The lowest BCUT2D eigenvalue weighted by Gasteiger charge is -2.29. The van der Waals surface area contributed by atoms with Gasteiger partial charge < -0.3 is 5.32 Å². The van der Waals surface area contributed by atoms with Crippen molar-refractivity contribution in [1.82, 2.24) is 5.32 Å². The second-order valence-corrected chi connectivity index (χ2v) is 6.84. The summed E-state index contributed by atoms with van der Waals surface area (Å²) in [5, 5.41) is 5.94. The summed E-state index contributed by atoms with van der Waals surface area (Å²) in [4.78, 5) is 1.51. The maximum atomic E-state index is 3.74. The fraction of sp³-hybridized carbons (Fsp3) is 0.750. The third kappa shape index (κ3) is 3.58. The molecule has 1 nitrogen and oxygen atoms in total. The molecule has 1 N–H and O–H groups in total. The van der Waals surface area contributed by atoms with Gasteiger partial charge in [0.2, 0.25) is 0 Å². The third-order valence-electron chi connectivity index (χ3n) is 4.55. The summed E-state index contributed by atoms with van der Waals surface area (Å²) < 4.78 is 0. The minimum Gasteiger partial charge on any atom is -0.309 e. The van der Waals surface area contributed by atoms with Crippen molar-refractivity contribution in [3.8, 4) is 0 Å². The zero-order valence-electron chi connectivity index (χ0n) is 12.0. The van der Waals surface area contributed by atoms with Gasteiger partial charge in [-0.1, -0.05) is 26.2 Å². The van der Waals surface area contributed by atoms with Crippen LogP contribution in [0.5, 0.6) is 0 Å². The van der Waals surface area contributed by atoms with Gasteiger partial charge >= 0.3 is 0 Å². The lowest BCUT2D eigenvalue weighted by atomic mass is 9.81. The van der Waals surface area contributed by atoms with Gasteiger partial charge in [0.15, 0.2) is 0 Å². The molecule has 2 rings (SSSR count). The van der Waals surface area contributed by atoms with E-state index < -0.39 is 0 Å². The first kappa shape index (κ1) is 14.1. The highest BCUT2D eigenvalue weighted by atomic mass is 32.1. The van der Waals surface area contributed by atoms with E-state index in [0.29, 0.717) is 6.04 Å². The van der Waals surface area contributed by atoms with Crippen LogP contribution in [0.2, 0.25) is 0 Å². The van der Waals surface area contributed by atoms with Crippen LogP contribution in [0.3, 0.4) is 0 Å². The predicted octanol–water partition coefficient (Wildman–Crippen LogP) is 4.92. The fourth-order valence-electron chi connectivity index (χ4n) is 3.11. The van der Waals surface area contributed by atoms with Gasteiger partial charge in [-0.25, -0.2) is 0 Å². The van der Waals surface area contributed by atoms with Crippen LogP contribution in [0.25, 0.3) is 0 Å². The maximum Gasteiger partial charge on any atom is 0.0388 e. The van der Waals surface area contributed by atoms with Crippen LogP contribution in [0.1, 0.15) is 62.4 Å². The minimum absolute atomic E-state index is 0.522. The average molecular weight is 265 g/mol. The van der Waals surface area contributed by atoms with Gasteiger partial charge in [0.25, 0.3) is 0 Å². The molecule has 0 aromatic carbocycles. The molecule has 2 heteroatoms. The summed E-state index contributed by atoms with van der Waals surface area (Å²) in [6.45, 7) is 8.06. The van der Waals surface area contributed by atoms with Crippen molar-refractivity contribution in [2.24, 2.45) is 11.8 Å². The van der Waals surface area contributed by atoms with E-state index in [9.17, 15) is 0 Å². The molecule has 0 aliphatic heterocycles. The molecule has 1 atom stereocenters. The van der Waals surface area contributed by atoms with Crippen molar-refractivity contribution in [1.29, 1.82) is 0 Å². The van der Waals surface area contributed by atoms with Gasteiger partial charge in [0, 0.05) is 10.9 Å². The summed E-state index contributed by atoms with van der Waals surface area (Å²) in [5.41, 5.74) is 1.44. The lowest BCUT2D eigenvalue weighted by molar-refractivity contribution is 0.258. The van der Waals surface area contributed by atoms with Crippen molar-refractivity contribution in [3.63, 3.8) is 0 Å². The standard InChI is InChI=1S/C16H27NS/c1-4-14-5-7-15(8-6-14)11-17-13(3)16-12(2)9-10-18-16/h9-10,13-15,17H,4-8,11H2,1-3H3. The monoisotopic (exact) mass is 265 g/mol. The molecular weight excluding hydrogens is 238 g/mol. The number of hydrogen-bond donors (Lipinski definition) is 1. The lowest BCUT2D eigenvalue weighted by Crippen LogP contribution is -2.28. The molecule has 1 unspecified atom stereocenters. The summed E-state index contributed by atoms with van der Waals surface area (Å²) >= 11 is 1.89. The van der Waals surface area contributed by atoms with Crippen molar-refractivity contribution in [3.05, 3.63) is 21.9 Å². The van der Waals surface area contributed by atoms with E-state index in [1.165, 1.54) is 49.1 Å². The average Bonchev–Trinajstić information content (AvgIpc) is 2.83. The van der Waals surface area contributed by atoms with Gasteiger partial charge in [-0.05, 0) is 62.1 Å². The van der Waals surface area contributed by atoms with Crippen LogP contribution < -0.4 is 5.32 Å². The van der Waals surface area contributed by atoms with Gasteiger partial charge in [-0.2, -0.15) is 0 Å². The van der Waals surface area contributed by atoms with Gasteiger partial charge in [0.05, 0.1) is 0 Å². The summed E-state index contributed by atoms with van der Waals surface area (Å²) in [7, 11) is 0. The van der Waals surface area contributed by atoms with Crippen LogP contribution in [-0.2, 0) is 0 Å². The summed E-state index contributed by atoms with van der Waals surface area (Å²) in [6, 6.07) is 2.75. The first-order valence-electron chi connectivity index (χ1n) is 7.48. The highest BCUT2D eigenvalue weighted by Gasteiger charge is 2.20. The smallest absolute Gasteiger partial charge is 0.0388 e. The normalized spacial score (nSPS) is 26.2. The summed E-state index contributed by atoms with van der Waals surface area (Å²) in [6.07, 6.45) is 7.15. The van der Waals surface area contributed by atoms with Gasteiger partial charge in [-0.3, -0.25) is 0 Å². The van der Waals surface area contributed by atoms with Crippen LogP contribution in [-0.4, -0.2) is 6.54 Å². The Morgan fingerprint density at radius 1 is 1.28 bits per heavy atom. The quantitative estimate of drug-likeness (QED) is 0.796.